The summed E-state index contributed by atoms with van der Waals surface area (Å²) in [7, 11) is -3.59. The van der Waals surface area contributed by atoms with Gasteiger partial charge in [0.05, 0.1) is 5.75 Å². The Kier molecular flexibility index (Phi) is 7.99. The summed E-state index contributed by atoms with van der Waals surface area (Å²) in [4.78, 5) is 12.2. The summed E-state index contributed by atoms with van der Waals surface area (Å²) in [5.74, 6) is -1.08. The van der Waals surface area contributed by atoms with Gasteiger partial charge in [-0.3, -0.25) is 4.79 Å². The number of sulfonamides is 1. The lowest BCUT2D eigenvalue weighted by Crippen LogP contribution is -2.43. The minimum Gasteiger partial charge on any atom is -0.382 e. The molecule has 0 atom stereocenters. The Balaban J connectivity index is 1.80. The van der Waals surface area contributed by atoms with E-state index in [0.717, 1.165) is 6.42 Å². The number of rotatable bonds is 9. The summed E-state index contributed by atoms with van der Waals surface area (Å²) in [6.07, 6.45) is 1.72. The second kappa shape index (κ2) is 9.99. The fourth-order valence-electron chi connectivity index (χ4n) is 2.97. The van der Waals surface area contributed by atoms with Crippen LogP contribution in [0, 0.1) is 11.7 Å². The highest BCUT2D eigenvalue weighted by Crippen LogP contribution is 2.22. The van der Waals surface area contributed by atoms with Crippen LogP contribution in [0.4, 0.5) is 4.39 Å². The number of hydrogen-bond acceptors (Lipinski definition) is 4. The van der Waals surface area contributed by atoms with Gasteiger partial charge in [-0.25, -0.2) is 17.1 Å². The van der Waals surface area contributed by atoms with E-state index in [-0.39, 0.29) is 36.2 Å². The summed E-state index contributed by atoms with van der Waals surface area (Å²) in [5.41, 5.74) is 0.168. The molecule has 0 radical (unpaired) electrons. The van der Waals surface area contributed by atoms with E-state index in [1.807, 2.05) is 6.92 Å². The van der Waals surface area contributed by atoms with Crippen LogP contribution in [0.5, 0.6) is 0 Å². The zero-order valence-electron chi connectivity index (χ0n) is 15.1. The molecular formula is C18H27FN2O4S. The van der Waals surface area contributed by atoms with Crippen LogP contribution in [-0.4, -0.2) is 51.5 Å². The van der Waals surface area contributed by atoms with Crippen molar-refractivity contribution in [3.63, 3.8) is 0 Å². The van der Waals surface area contributed by atoms with Gasteiger partial charge in [-0.05, 0) is 32.3 Å². The molecule has 26 heavy (non-hydrogen) atoms. The van der Waals surface area contributed by atoms with Crippen molar-refractivity contribution in [1.82, 2.24) is 9.62 Å². The molecule has 1 amide bonds. The Morgan fingerprint density at radius 2 is 2.00 bits per heavy atom. The fourth-order valence-corrected chi connectivity index (χ4v) is 4.55. The zero-order chi connectivity index (χ0) is 19.0. The smallest absolute Gasteiger partial charge is 0.223 e. The maximum absolute atomic E-state index is 13.7. The van der Waals surface area contributed by atoms with Crippen molar-refractivity contribution in [3.05, 3.63) is 35.6 Å². The quantitative estimate of drug-likeness (QED) is 0.658. The normalized spacial score (nSPS) is 16.5. The van der Waals surface area contributed by atoms with Crippen molar-refractivity contribution in [2.24, 2.45) is 5.92 Å². The molecule has 1 fully saturated rings. The summed E-state index contributed by atoms with van der Waals surface area (Å²) in [6, 6.07) is 5.89. The van der Waals surface area contributed by atoms with Gasteiger partial charge in [0.2, 0.25) is 15.9 Å². The van der Waals surface area contributed by atoms with Gasteiger partial charge in [0.15, 0.2) is 0 Å². The first-order chi connectivity index (χ1) is 12.4. The van der Waals surface area contributed by atoms with E-state index in [4.69, 9.17) is 4.74 Å². The van der Waals surface area contributed by atoms with Crippen molar-refractivity contribution >= 4 is 15.9 Å². The molecule has 1 saturated heterocycles. The molecular weight excluding hydrogens is 359 g/mol. The lowest BCUT2D eigenvalue weighted by atomic mass is 9.97. The number of halogens is 1. The third-order valence-electron chi connectivity index (χ3n) is 4.48. The molecule has 8 heteroatoms. The largest absolute Gasteiger partial charge is 0.382 e. The number of nitrogens with zero attached hydrogens (tertiary/aromatic N) is 1. The monoisotopic (exact) mass is 386 g/mol. The van der Waals surface area contributed by atoms with Crippen molar-refractivity contribution in [3.8, 4) is 0 Å². The molecule has 1 aliphatic heterocycles. The van der Waals surface area contributed by atoms with E-state index in [0.29, 0.717) is 32.6 Å². The van der Waals surface area contributed by atoms with Gasteiger partial charge in [0, 0.05) is 44.3 Å². The zero-order valence-corrected chi connectivity index (χ0v) is 15.9. The van der Waals surface area contributed by atoms with E-state index in [1.165, 1.54) is 22.5 Å². The highest BCUT2D eigenvalue weighted by Gasteiger charge is 2.31. The second-order valence-corrected chi connectivity index (χ2v) is 8.33. The highest BCUT2D eigenvalue weighted by atomic mass is 32.2. The van der Waals surface area contributed by atoms with E-state index in [9.17, 15) is 17.6 Å². The maximum Gasteiger partial charge on any atom is 0.223 e. The number of nitrogens with one attached hydrogen (secondary N) is 1. The van der Waals surface area contributed by atoms with Crippen LogP contribution >= 0.6 is 0 Å². The molecule has 1 aromatic rings. The molecule has 0 unspecified atom stereocenters. The number of benzene rings is 1. The average Bonchev–Trinajstić information content (AvgIpc) is 2.63. The molecule has 6 nitrogen and oxygen atoms in total. The molecule has 1 aliphatic rings. The summed E-state index contributed by atoms with van der Waals surface area (Å²) >= 11 is 0. The van der Waals surface area contributed by atoms with Crippen LogP contribution in [0.1, 0.15) is 31.7 Å². The molecule has 2 rings (SSSR count). The minimum atomic E-state index is -3.59. The molecule has 1 heterocycles. The minimum absolute atomic E-state index is 0.0346. The Labute approximate surface area is 154 Å². The lowest BCUT2D eigenvalue weighted by molar-refractivity contribution is -0.126. The molecule has 1 N–H and O–H groups in total. The Morgan fingerprint density at radius 3 is 2.65 bits per heavy atom. The number of piperidine rings is 1. The van der Waals surface area contributed by atoms with Crippen LogP contribution < -0.4 is 5.32 Å². The van der Waals surface area contributed by atoms with Crippen molar-refractivity contribution in [1.29, 1.82) is 0 Å². The topological polar surface area (TPSA) is 75.7 Å². The molecule has 146 valence electrons. The predicted octanol–water partition coefficient (Wildman–Crippen LogP) is 1.91. The van der Waals surface area contributed by atoms with Gasteiger partial charge in [0.25, 0.3) is 0 Å². The Morgan fingerprint density at radius 1 is 1.31 bits per heavy atom. The first-order valence-electron chi connectivity index (χ1n) is 9.00. The Hall–Kier alpha value is -1.51. The molecule has 1 aromatic carbocycles. The van der Waals surface area contributed by atoms with Gasteiger partial charge in [0.1, 0.15) is 5.82 Å². The van der Waals surface area contributed by atoms with Gasteiger partial charge < -0.3 is 10.1 Å². The third kappa shape index (κ3) is 6.03. The van der Waals surface area contributed by atoms with Crippen molar-refractivity contribution in [2.75, 3.05) is 32.8 Å². The summed E-state index contributed by atoms with van der Waals surface area (Å²) in [5, 5.41) is 2.88. The molecule has 0 saturated carbocycles. The van der Waals surface area contributed by atoms with Crippen molar-refractivity contribution < 1.29 is 22.3 Å². The second-order valence-electron chi connectivity index (χ2n) is 6.36. The van der Waals surface area contributed by atoms with Gasteiger partial charge in [-0.1, -0.05) is 18.2 Å². The van der Waals surface area contributed by atoms with Crippen LogP contribution in [0.3, 0.4) is 0 Å². The van der Waals surface area contributed by atoms with Gasteiger partial charge >= 0.3 is 0 Å². The van der Waals surface area contributed by atoms with Crippen LogP contribution in [-0.2, 0) is 25.3 Å². The number of carbonyl (C=O) groups is 1. The predicted molar refractivity (Wildman–Crippen MR) is 97.4 cm³/mol. The highest BCUT2D eigenvalue weighted by molar-refractivity contribution is 7.88. The average molecular weight is 386 g/mol. The van der Waals surface area contributed by atoms with Gasteiger partial charge in [-0.15, -0.1) is 0 Å². The first kappa shape index (κ1) is 20.8. The lowest BCUT2D eigenvalue weighted by Gasteiger charge is -2.30. The molecule has 0 spiro atoms. The number of ether oxygens (including phenoxy) is 1. The van der Waals surface area contributed by atoms with Crippen molar-refractivity contribution in [2.45, 2.75) is 31.9 Å². The summed E-state index contributed by atoms with van der Waals surface area (Å²) in [6.45, 7) is 4.33. The first-order valence-corrected chi connectivity index (χ1v) is 10.6. The number of carbonyl (C=O) groups excluding carboxylic acids is 1. The Bertz CT molecular complexity index is 688. The molecule has 0 aromatic heterocycles. The van der Waals surface area contributed by atoms with Crippen LogP contribution in [0.15, 0.2) is 24.3 Å². The standard InChI is InChI=1S/C18H27FN2O4S/c1-2-25-13-5-10-20-18(22)15-8-11-21(12-9-15)26(23,24)14-16-6-3-4-7-17(16)19/h3-4,6-7,15H,2,5,8-14H2,1H3,(H,20,22). The third-order valence-corrected chi connectivity index (χ3v) is 6.31. The number of hydrogen-bond donors (Lipinski definition) is 1. The fraction of sp³-hybridized carbons (Fsp3) is 0.611. The molecule has 0 aliphatic carbocycles. The molecule has 0 bridgehead atoms. The van der Waals surface area contributed by atoms with E-state index < -0.39 is 15.8 Å². The van der Waals surface area contributed by atoms with E-state index in [2.05, 4.69) is 5.32 Å². The van der Waals surface area contributed by atoms with Crippen LogP contribution in [0.25, 0.3) is 0 Å². The summed E-state index contributed by atoms with van der Waals surface area (Å²) < 4.78 is 45.3. The SMILES string of the molecule is CCOCCCNC(=O)C1CCN(S(=O)(=O)Cc2ccccc2F)CC1. The van der Waals surface area contributed by atoms with Crippen LogP contribution in [0.2, 0.25) is 0 Å². The van der Waals surface area contributed by atoms with Gasteiger partial charge in [-0.2, -0.15) is 0 Å². The van der Waals surface area contributed by atoms with E-state index in [1.54, 1.807) is 6.07 Å². The number of amides is 1. The maximum atomic E-state index is 13.7. The van der Waals surface area contributed by atoms with E-state index >= 15 is 0 Å².